The van der Waals surface area contributed by atoms with Gasteiger partial charge in [-0.3, -0.25) is 0 Å². The molecular weight excluding hydrogens is 306 g/mol. The smallest absolute Gasteiger partial charge is 0.119 e. The molecular formula is C15H22BrNO2. The molecule has 106 valence electrons. The predicted octanol–water partition coefficient (Wildman–Crippen LogP) is 3.23. The highest BCUT2D eigenvalue weighted by Crippen LogP contribution is 2.42. The van der Waals surface area contributed by atoms with Crippen molar-refractivity contribution in [2.45, 2.75) is 32.4 Å². The van der Waals surface area contributed by atoms with Gasteiger partial charge in [0.25, 0.3) is 0 Å². The van der Waals surface area contributed by atoms with Crippen molar-refractivity contribution in [1.29, 1.82) is 0 Å². The van der Waals surface area contributed by atoms with Crippen LogP contribution in [0, 0.1) is 5.41 Å². The largest absolute Gasteiger partial charge is 0.492 e. The number of nitrogens with one attached hydrogen (secondary N) is 1. The van der Waals surface area contributed by atoms with Crippen LogP contribution in [0.4, 0.5) is 0 Å². The van der Waals surface area contributed by atoms with E-state index in [4.69, 9.17) is 9.47 Å². The van der Waals surface area contributed by atoms with Crippen LogP contribution in [0.1, 0.15) is 20.3 Å². The summed E-state index contributed by atoms with van der Waals surface area (Å²) in [6.07, 6.45) is 1.46. The minimum atomic E-state index is 0.215. The second-order valence-electron chi connectivity index (χ2n) is 5.59. The highest BCUT2D eigenvalue weighted by molar-refractivity contribution is 9.10. The second-order valence-corrected chi connectivity index (χ2v) is 6.51. The van der Waals surface area contributed by atoms with Crippen LogP contribution in [-0.2, 0) is 4.74 Å². The Hall–Kier alpha value is -0.580. The third-order valence-electron chi connectivity index (χ3n) is 4.04. The fourth-order valence-corrected chi connectivity index (χ4v) is 2.83. The van der Waals surface area contributed by atoms with Crippen LogP contribution in [0.3, 0.4) is 0 Å². The van der Waals surface area contributed by atoms with E-state index in [0.717, 1.165) is 23.2 Å². The van der Waals surface area contributed by atoms with Crippen LogP contribution in [0.15, 0.2) is 28.7 Å². The Bertz CT molecular complexity index is 405. The van der Waals surface area contributed by atoms with E-state index in [9.17, 15) is 0 Å². The van der Waals surface area contributed by atoms with Gasteiger partial charge in [-0.1, -0.05) is 29.8 Å². The number of hydrogen-bond donors (Lipinski definition) is 1. The molecule has 0 radical (unpaired) electrons. The highest BCUT2D eigenvalue weighted by atomic mass is 79.9. The van der Waals surface area contributed by atoms with Gasteiger partial charge in [-0.25, -0.2) is 0 Å². The number of halogens is 1. The molecule has 0 bridgehead atoms. The molecule has 3 nitrogen and oxygen atoms in total. The maximum Gasteiger partial charge on any atom is 0.119 e. The van der Waals surface area contributed by atoms with Gasteiger partial charge in [0.2, 0.25) is 0 Å². The van der Waals surface area contributed by atoms with Crippen LogP contribution >= 0.6 is 15.9 Å². The van der Waals surface area contributed by atoms with Gasteiger partial charge in [0.05, 0.1) is 6.10 Å². The number of ether oxygens (including phenoxy) is 2. The van der Waals surface area contributed by atoms with Crippen molar-refractivity contribution in [3.63, 3.8) is 0 Å². The monoisotopic (exact) mass is 327 g/mol. The summed E-state index contributed by atoms with van der Waals surface area (Å²) in [5.74, 6) is 0.910. The summed E-state index contributed by atoms with van der Waals surface area (Å²) in [5.41, 5.74) is 0.215. The summed E-state index contributed by atoms with van der Waals surface area (Å²) in [4.78, 5) is 0. The minimum absolute atomic E-state index is 0.215. The first-order valence-electron chi connectivity index (χ1n) is 6.68. The zero-order valence-corrected chi connectivity index (χ0v) is 13.4. The summed E-state index contributed by atoms with van der Waals surface area (Å²) in [5, 5.41) is 3.54. The van der Waals surface area contributed by atoms with Crippen LogP contribution in [0.5, 0.6) is 5.75 Å². The first-order chi connectivity index (χ1) is 9.04. The quantitative estimate of drug-likeness (QED) is 0.814. The van der Waals surface area contributed by atoms with E-state index < -0.39 is 0 Å². The zero-order valence-electron chi connectivity index (χ0n) is 11.8. The van der Waals surface area contributed by atoms with E-state index in [0.29, 0.717) is 18.8 Å². The fourth-order valence-electron chi connectivity index (χ4n) is 2.56. The lowest BCUT2D eigenvalue weighted by Gasteiger charge is -2.51. The molecule has 2 rings (SSSR count). The Morgan fingerprint density at radius 1 is 1.32 bits per heavy atom. The summed E-state index contributed by atoms with van der Waals surface area (Å²) in [7, 11) is 1.79. The van der Waals surface area contributed by atoms with Gasteiger partial charge in [-0.2, -0.15) is 0 Å². The lowest BCUT2D eigenvalue weighted by molar-refractivity contribution is -0.0976. The second kappa shape index (κ2) is 6.25. The van der Waals surface area contributed by atoms with E-state index in [1.807, 2.05) is 24.3 Å². The number of rotatable bonds is 6. The van der Waals surface area contributed by atoms with Crippen molar-refractivity contribution in [3.8, 4) is 5.75 Å². The SMILES string of the molecule is COC1CC(NCCOc2ccc(Br)cc2)C1(C)C. The van der Waals surface area contributed by atoms with Gasteiger partial charge in [0.15, 0.2) is 0 Å². The van der Waals surface area contributed by atoms with Gasteiger partial charge >= 0.3 is 0 Å². The van der Waals surface area contributed by atoms with Crippen LogP contribution < -0.4 is 10.1 Å². The molecule has 1 saturated carbocycles. The van der Waals surface area contributed by atoms with E-state index in [1.165, 1.54) is 0 Å². The molecule has 0 amide bonds. The molecule has 1 aliphatic rings. The summed E-state index contributed by atoms with van der Waals surface area (Å²) >= 11 is 3.41. The Labute approximate surface area is 123 Å². The molecule has 0 aliphatic heterocycles. The average molecular weight is 328 g/mol. The number of hydrogen-bond acceptors (Lipinski definition) is 3. The maximum atomic E-state index is 5.69. The molecule has 4 heteroatoms. The molecule has 1 aromatic rings. The van der Waals surface area contributed by atoms with E-state index in [2.05, 4.69) is 35.1 Å². The van der Waals surface area contributed by atoms with E-state index >= 15 is 0 Å². The van der Waals surface area contributed by atoms with E-state index in [1.54, 1.807) is 7.11 Å². The first-order valence-corrected chi connectivity index (χ1v) is 7.48. The molecule has 1 N–H and O–H groups in total. The lowest BCUT2D eigenvalue weighted by Crippen LogP contribution is -2.61. The Balaban J connectivity index is 1.67. The summed E-state index contributed by atoms with van der Waals surface area (Å²) < 4.78 is 12.2. The van der Waals surface area contributed by atoms with E-state index in [-0.39, 0.29) is 5.41 Å². The van der Waals surface area contributed by atoms with Gasteiger partial charge in [0, 0.05) is 29.6 Å². The van der Waals surface area contributed by atoms with Crippen LogP contribution in [0.25, 0.3) is 0 Å². The molecule has 2 unspecified atom stereocenters. The normalized spacial score (nSPS) is 24.8. The van der Waals surface area contributed by atoms with Crippen molar-refractivity contribution < 1.29 is 9.47 Å². The molecule has 0 heterocycles. The third-order valence-corrected chi connectivity index (χ3v) is 4.57. The van der Waals surface area contributed by atoms with Crippen molar-refractivity contribution in [3.05, 3.63) is 28.7 Å². The van der Waals surface area contributed by atoms with Gasteiger partial charge in [0.1, 0.15) is 12.4 Å². The minimum Gasteiger partial charge on any atom is -0.492 e. The Kier molecular flexibility index (Phi) is 4.87. The molecule has 0 saturated heterocycles. The molecule has 19 heavy (non-hydrogen) atoms. The Morgan fingerprint density at radius 2 is 2.00 bits per heavy atom. The topological polar surface area (TPSA) is 30.5 Å². The van der Waals surface area contributed by atoms with Crippen molar-refractivity contribution in [2.24, 2.45) is 5.41 Å². The predicted molar refractivity (Wildman–Crippen MR) is 80.6 cm³/mol. The summed E-state index contributed by atoms with van der Waals surface area (Å²) in [6.45, 7) is 6.04. The van der Waals surface area contributed by atoms with Crippen LogP contribution in [0.2, 0.25) is 0 Å². The highest BCUT2D eigenvalue weighted by Gasteiger charge is 2.47. The molecule has 1 aromatic carbocycles. The van der Waals surface area contributed by atoms with Crippen LogP contribution in [-0.4, -0.2) is 32.4 Å². The standard InChI is InChI=1S/C15H22BrNO2/c1-15(2)13(10-14(15)18-3)17-8-9-19-12-6-4-11(16)5-7-12/h4-7,13-14,17H,8-10H2,1-3H3. The molecule has 2 atom stereocenters. The third kappa shape index (κ3) is 3.50. The zero-order chi connectivity index (χ0) is 13.9. The van der Waals surface area contributed by atoms with Crippen molar-refractivity contribution in [1.82, 2.24) is 5.32 Å². The average Bonchev–Trinajstić information content (AvgIpc) is 2.39. The molecule has 0 spiro atoms. The lowest BCUT2D eigenvalue weighted by atomic mass is 9.64. The molecule has 1 fully saturated rings. The van der Waals surface area contributed by atoms with Crippen molar-refractivity contribution >= 4 is 15.9 Å². The molecule has 1 aliphatic carbocycles. The fraction of sp³-hybridized carbons (Fsp3) is 0.600. The first kappa shape index (κ1) is 14.8. The van der Waals surface area contributed by atoms with Crippen molar-refractivity contribution in [2.75, 3.05) is 20.3 Å². The maximum absolute atomic E-state index is 5.69. The van der Waals surface area contributed by atoms with Gasteiger partial charge in [-0.05, 0) is 30.7 Å². The number of benzene rings is 1. The Morgan fingerprint density at radius 3 is 2.58 bits per heavy atom. The van der Waals surface area contributed by atoms with Gasteiger partial charge < -0.3 is 14.8 Å². The summed E-state index contributed by atoms with van der Waals surface area (Å²) in [6, 6.07) is 8.43. The molecule has 0 aromatic heterocycles. The van der Waals surface area contributed by atoms with Gasteiger partial charge in [-0.15, -0.1) is 0 Å². The number of methoxy groups -OCH3 is 1.